The largest absolute Gasteiger partial charge is 0.497 e. The van der Waals surface area contributed by atoms with Gasteiger partial charge in [-0.15, -0.1) is 0 Å². The van der Waals surface area contributed by atoms with E-state index in [-0.39, 0.29) is 18.3 Å². The fourth-order valence-corrected chi connectivity index (χ4v) is 3.79. The molecule has 0 radical (unpaired) electrons. The van der Waals surface area contributed by atoms with Crippen LogP contribution in [0.15, 0.2) is 36.4 Å². The van der Waals surface area contributed by atoms with Crippen LogP contribution in [0.3, 0.4) is 0 Å². The predicted octanol–water partition coefficient (Wildman–Crippen LogP) is 3.94. The number of benzene rings is 1. The Morgan fingerprint density at radius 3 is 2.64 bits per heavy atom. The van der Waals surface area contributed by atoms with Crippen molar-refractivity contribution in [2.75, 3.05) is 40.1 Å². The second-order valence-electron chi connectivity index (χ2n) is 7.41. The van der Waals surface area contributed by atoms with E-state index in [9.17, 15) is 0 Å². The van der Waals surface area contributed by atoms with E-state index in [0.29, 0.717) is 33.0 Å². The Balaban J connectivity index is 1.32. The summed E-state index contributed by atoms with van der Waals surface area (Å²) in [5.74, 6) is 0.927. The molecule has 2 aliphatic heterocycles. The third-order valence-corrected chi connectivity index (χ3v) is 5.30. The molecule has 3 unspecified atom stereocenters. The lowest BCUT2D eigenvalue weighted by atomic mass is 10.00. The van der Waals surface area contributed by atoms with Gasteiger partial charge in [0.2, 0.25) is 0 Å². The van der Waals surface area contributed by atoms with Crippen LogP contribution in [0.4, 0.5) is 0 Å². The third kappa shape index (κ3) is 7.21. The van der Waals surface area contributed by atoms with Gasteiger partial charge in [-0.1, -0.05) is 24.3 Å². The van der Waals surface area contributed by atoms with Gasteiger partial charge < -0.3 is 23.7 Å². The molecule has 0 aliphatic carbocycles. The van der Waals surface area contributed by atoms with Crippen LogP contribution in [-0.4, -0.2) is 58.5 Å². The Morgan fingerprint density at radius 1 is 1.00 bits per heavy atom. The maximum atomic E-state index is 5.98. The molecule has 2 aliphatic rings. The van der Waals surface area contributed by atoms with Gasteiger partial charge in [-0.3, -0.25) is 0 Å². The van der Waals surface area contributed by atoms with Gasteiger partial charge >= 0.3 is 0 Å². The molecule has 1 aromatic rings. The van der Waals surface area contributed by atoms with Gasteiger partial charge in [-0.05, 0) is 49.8 Å². The van der Waals surface area contributed by atoms with Crippen molar-refractivity contribution in [3.05, 3.63) is 42.0 Å². The van der Waals surface area contributed by atoms with Gasteiger partial charge in [0.15, 0.2) is 0 Å². The number of aryl methyl sites for hydroxylation is 1. The minimum absolute atomic E-state index is 0.123. The number of methoxy groups -OCH3 is 1. The molecule has 5 heteroatoms. The molecule has 0 aromatic heterocycles. The monoisotopic (exact) mass is 390 g/mol. The first-order valence-electron chi connectivity index (χ1n) is 10.6. The van der Waals surface area contributed by atoms with Crippen molar-refractivity contribution in [1.29, 1.82) is 0 Å². The van der Waals surface area contributed by atoms with Crippen LogP contribution in [0.1, 0.15) is 37.7 Å². The predicted molar refractivity (Wildman–Crippen MR) is 109 cm³/mol. The van der Waals surface area contributed by atoms with Crippen LogP contribution < -0.4 is 4.74 Å². The van der Waals surface area contributed by atoms with Gasteiger partial charge in [0, 0.05) is 6.42 Å². The zero-order chi connectivity index (χ0) is 19.4. The summed E-state index contributed by atoms with van der Waals surface area (Å²) in [4.78, 5) is 0. The number of allylic oxidation sites excluding steroid dienone is 2. The fourth-order valence-electron chi connectivity index (χ4n) is 3.79. The lowest BCUT2D eigenvalue weighted by Gasteiger charge is -2.35. The number of rotatable bonds is 10. The van der Waals surface area contributed by atoms with E-state index >= 15 is 0 Å². The van der Waals surface area contributed by atoms with Crippen molar-refractivity contribution in [1.82, 2.24) is 0 Å². The normalized spacial score (nSPS) is 25.8. The zero-order valence-corrected chi connectivity index (χ0v) is 17.0. The lowest BCUT2D eigenvalue weighted by Crippen LogP contribution is -2.43. The highest BCUT2D eigenvalue weighted by Crippen LogP contribution is 2.22. The summed E-state index contributed by atoms with van der Waals surface area (Å²) in [5, 5.41) is 0. The highest BCUT2D eigenvalue weighted by Gasteiger charge is 2.30. The first kappa shape index (κ1) is 21.3. The molecule has 5 nitrogen and oxygen atoms in total. The van der Waals surface area contributed by atoms with Gasteiger partial charge in [0.25, 0.3) is 0 Å². The molecular weight excluding hydrogens is 356 g/mol. The van der Waals surface area contributed by atoms with Crippen LogP contribution >= 0.6 is 0 Å². The number of unbranched alkanes of at least 4 members (excludes halogenated alkanes) is 1. The minimum Gasteiger partial charge on any atom is -0.497 e. The van der Waals surface area contributed by atoms with Gasteiger partial charge in [-0.25, -0.2) is 0 Å². The summed E-state index contributed by atoms with van der Waals surface area (Å²) in [6, 6.07) is 8.29. The van der Waals surface area contributed by atoms with Crippen molar-refractivity contribution in [3.8, 4) is 5.75 Å². The molecule has 0 spiro atoms. The van der Waals surface area contributed by atoms with Crippen molar-refractivity contribution >= 4 is 0 Å². The van der Waals surface area contributed by atoms with E-state index in [4.69, 9.17) is 23.7 Å². The van der Waals surface area contributed by atoms with Gasteiger partial charge in [0.1, 0.15) is 5.75 Å². The van der Waals surface area contributed by atoms with E-state index < -0.39 is 0 Å². The van der Waals surface area contributed by atoms with Crippen LogP contribution in [-0.2, 0) is 25.4 Å². The molecule has 2 heterocycles. The highest BCUT2D eigenvalue weighted by atomic mass is 16.6. The van der Waals surface area contributed by atoms with Crippen LogP contribution in [0.5, 0.6) is 5.75 Å². The van der Waals surface area contributed by atoms with Crippen molar-refractivity contribution in [2.45, 2.75) is 56.8 Å². The molecule has 0 N–H and O–H groups in total. The molecule has 0 amide bonds. The van der Waals surface area contributed by atoms with Crippen molar-refractivity contribution in [3.63, 3.8) is 0 Å². The number of hydrogen-bond acceptors (Lipinski definition) is 5. The first-order valence-corrected chi connectivity index (χ1v) is 10.6. The van der Waals surface area contributed by atoms with E-state index in [1.54, 1.807) is 7.11 Å². The molecule has 28 heavy (non-hydrogen) atoms. The summed E-state index contributed by atoms with van der Waals surface area (Å²) in [5.41, 5.74) is 1.31. The molecule has 1 aromatic carbocycles. The maximum absolute atomic E-state index is 5.98. The molecule has 2 saturated heterocycles. The zero-order valence-electron chi connectivity index (χ0n) is 17.0. The summed E-state index contributed by atoms with van der Waals surface area (Å²) in [7, 11) is 1.71. The summed E-state index contributed by atoms with van der Waals surface area (Å²) >= 11 is 0. The van der Waals surface area contributed by atoms with E-state index in [2.05, 4.69) is 24.3 Å². The fraction of sp³-hybridized carbons (Fsp3) is 0.652. The average molecular weight is 391 g/mol. The second-order valence-corrected chi connectivity index (χ2v) is 7.41. The van der Waals surface area contributed by atoms with E-state index in [1.807, 2.05) is 12.1 Å². The second kappa shape index (κ2) is 12.2. The van der Waals surface area contributed by atoms with Gasteiger partial charge in [-0.2, -0.15) is 0 Å². The smallest absolute Gasteiger partial charge is 0.119 e. The van der Waals surface area contributed by atoms with E-state index in [1.165, 1.54) is 5.56 Å². The molecule has 0 bridgehead atoms. The van der Waals surface area contributed by atoms with Crippen LogP contribution in [0.25, 0.3) is 0 Å². The molecule has 3 atom stereocenters. The Kier molecular flexibility index (Phi) is 9.30. The summed E-state index contributed by atoms with van der Waals surface area (Å²) < 4.78 is 28.5. The Hall–Kier alpha value is -1.40. The summed E-state index contributed by atoms with van der Waals surface area (Å²) in [6.45, 7) is 3.43. The summed E-state index contributed by atoms with van der Waals surface area (Å²) in [6.07, 6.45) is 11.2. The van der Waals surface area contributed by atoms with Crippen molar-refractivity contribution in [2.24, 2.45) is 0 Å². The highest BCUT2D eigenvalue weighted by molar-refractivity contribution is 5.28. The lowest BCUT2D eigenvalue weighted by molar-refractivity contribution is -0.169. The Bertz CT molecular complexity index is 582. The van der Waals surface area contributed by atoms with Crippen LogP contribution in [0.2, 0.25) is 0 Å². The molecule has 156 valence electrons. The minimum atomic E-state index is 0.123. The molecule has 2 fully saturated rings. The Morgan fingerprint density at radius 2 is 1.82 bits per heavy atom. The van der Waals surface area contributed by atoms with E-state index in [0.717, 1.165) is 44.3 Å². The number of ether oxygens (including phenoxy) is 5. The molecular formula is C23H34O5. The first-order chi connectivity index (χ1) is 13.8. The SMILES string of the molecule is COc1cccc(CC/C=C/CCCC2OCCOC2CC2COCCO2)c1. The maximum Gasteiger partial charge on any atom is 0.119 e. The quantitative estimate of drug-likeness (QED) is 0.447. The molecule has 0 saturated carbocycles. The topological polar surface area (TPSA) is 46.2 Å². The molecule has 3 rings (SSSR count). The van der Waals surface area contributed by atoms with Gasteiger partial charge in [0.05, 0.1) is 58.5 Å². The number of hydrogen-bond donors (Lipinski definition) is 0. The standard InChI is InChI=1S/C23H34O5/c1-24-20-10-7-9-19(16-20)8-5-3-2-4-6-11-22-23(28-15-14-27-22)17-21-18-25-12-13-26-21/h2-3,7,9-10,16,21-23H,4-6,8,11-15,17-18H2,1H3/b3-2+. The average Bonchev–Trinajstić information content (AvgIpc) is 2.75. The van der Waals surface area contributed by atoms with Crippen LogP contribution in [0, 0.1) is 0 Å². The Labute approximate surface area is 169 Å². The third-order valence-electron chi connectivity index (χ3n) is 5.30. The van der Waals surface area contributed by atoms with Crippen molar-refractivity contribution < 1.29 is 23.7 Å².